The number of carbonyl (C=O) groups excluding carboxylic acids is 1. The Bertz CT molecular complexity index is 232. The van der Waals surface area contributed by atoms with Crippen LogP contribution in [0.15, 0.2) is 0 Å². The lowest BCUT2D eigenvalue weighted by atomic mass is 9.99. The number of amides is 1. The van der Waals surface area contributed by atoms with E-state index in [1.54, 1.807) is 0 Å². The van der Waals surface area contributed by atoms with Crippen LogP contribution >= 0.6 is 0 Å². The number of hydrogen-bond acceptors (Lipinski definition) is 4. The van der Waals surface area contributed by atoms with Crippen LogP contribution in [0.2, 0.25) is 0 Å². The van der Waals surface area contributed by atoms with Crippen molar-refractivity contribution in [2.45, 2.75) is 38.8 Å². The average Bonchev–Trinajstić information content (AvgIpc) is 2.63. The van der Waals surface area contributed by atoms with Crippen LogP contribution in [0, 0.1) is 5.92 Å². The summed E-state index contributed by atoms with van der Waals surface area (Å²) in [5, 5.41) is 2.80. The molecule has 1 amide bonds. The first kappa shape index (κ1) is 13.3. The summed E-state index contributed by atoms with van der Waals surface area (Å²) in [5.41, 5.74) is 5.16. The summed E-state index contributed by atoms with van der Waals surface area (Å²) in [6.07, 6.45) is 0.535. The lowest BCUT2D eigenvalue weighted by molar-refractivity contribution is 0.0485. The quantitative estimate of drug-likeness (QED) is 0.754. The van der Waals surface area contributed by atoms with E-state index in [2.05, 4.69) is 5.32 Å². The maximum Gasteiger partial charge on any atom is 0.407 e. The van der Waals surface area contributed by atoms with Crippen LogP contribution in [-0.4, -0.2) is 37.5 Å². The molecule has 94 valence electrons. The Balaban J connectivity index is 2.40. The second-order valence-corrected chi connectivity index (χ2v) is 5.11. The van der Waals surface area contributed by atoms with Gasteiger partial charge in [-0.15, -0.1) is 0 Å². The molecule has 1 aliphatic heterocycles. The minimum Gasteiger partial charge on any atom is -0.444 e. The number of rotatable bonds is 3. The number of alkyl carbamates (subject to hydrolysis) is 1. The molecule has 0 saturated carbocycles. The van der Waals surface area contributed by atoms with Gasteiger partial charge in [-0.1, -0.05) is 0 Å². The summed E-state index contributed by atoms with van der Waals surface area (Å²) in [6.45, 7) is 7.33. The number of nitrogens with one attached hydrogen (secondary N) is 1. The van der Waals surface area contributed by atoms with Crippen LogP contribution < -0.4 is 11.1 Å². The number of nitrogens with two attached hydrogens (primary N) is 1. The summed E-state index contributed by atoms with van der Waals surface area (Å²) in [6, 6.07) is -0.0580. The molecular formula is C11H22N2O3. The number of ether oxygens (including phenoxy) is 2. The molecule has 0 aromatic carbocycles. The van der Waals surface area contributed by atoms with Crippen LogP contribution in [0.1, 0.15) is 27.2 Å². The van der Waals surface area contributed by atoms with Crippen LogP contribution in [0.25, 0.3) is 0 Å². The van der Waals surface area contributed by atoms with Crippen molar-refractivity contribution in [1.82, 2.24) is 5.32 Å². The van der Waals surface area contributed by atoms with Crippen molar-refractivity contribution in [1.29, 1.82) is 0 Å². The van der Waals surface area contributed by atoms with Crippen LogP contribution in [-0.2, 0) is 9.47 Å². The van der Waals surface area contributed by atoms with Crippen molar-refractivity contribution < 1.29 is 14.3 Å². The molecule has 0 spiro atoms. The molecule has 5 heteroatoms. The Morgan fingerprint density at radius 3 is 2.75 bits per heavy atom. The third-order valence-electron chi connectivity index (χ3n) is 2.49. The molecule has 0 radical (unpaired) electrons. The van der Waals surface area contributed by atoms with Crippen molar-refractivity contribution in [3.05, 3.63) is 0 Å². The molecule has 16 heavy (non-hydrogen) atoms. The normalized spacial score (nSPS) is 22.9. The summed E-state index contributed by atoms with van der Waals surface area (Å²) in [5.74, 6) is 0.303. The zero-order chi connectivity index (χ0) is 12.2. The van der Waals surface area contributed by atoms with E-state index in [0.717, 1.165) is 13.0 Å². The largest absolute Gasteiger partial charge is 0.444 e. The van der Waals surface area contributed by atoms with Gasteiger partial charge in [0.15, 0.2) is 0 Å². The highest BCUT2D eigenvalue weighted by Gasteiger charge is 2.27. The van der Waals surface area contributed by atoms with Gasteiger partial charge >= 0.3 is 6.09 Å². The van der Waals surface area contributed by atoms with Crippen molar-refractivity contribution in [2.75, 3.05) is 19.8 Å². The van der Waals surface area contributed by atoms with Gasteiger partial charge in [0.05, 0.1) is 6.61 Å². The van der Waals surface area contributed by atoms with Gasteiger partial charge in [0.1, 0.15) is 5.60 Å². The van der Waals surface area contributed by atoms with E-state index in [4.69, 9.17) is 15.2 Å². The molecule has 2 unspecified atom stereocenters. The van der Waals surface area contributed by atoms with Gasteiger partial charge in [0.25, 0.3) is 0 Å². The van der Waals surface area contributed by atoms with E-state index in [0.29, 0.717) is 19.1 Å². The lowest BCUT2D eigenvalue weighted by Crippen LogP contribution is -2.47. The van der Waals surface area contributed by atoms with Crippen LogP contribution in [0.5, 0.6) is 0 Å². The third-order valence-corrected chi connectivity index (χ3v) is 2.49. The molecule has 1 rings (SSSR count). The number of carbonyl (C=O) groups is 1. The molecule has 0 aliphatic carbocycles. The highest BCUT2D eigenvalue weighted by atomic mass is 16.6. The fourth-order valence-corrected chi connectivity index (χ4v) is 1.70. The first-order valence-electron chi connectivity index (χ1n) is 5.69. The Morgan fingerprint density at radius 1 is 1.62 bits per heavy atom. The number of hydrogen-bond donors (Lipinski definition) is 2. The molecule has 1 saturated heterocycles. The molecule has 1 aliphatic rings. The van der Waals surface area contributed by atoms with E-state index >= 15 is 0 Å². The van der Waals surface area contributed by atoms with E-state index in [1.165, 1.54) is 0 Å². The molecule has 1 heterocycles. The SMILES string of the molecule is CC(C)(C)OC(=O)NC(CN)C1CCOC1. The van der Waals surface area contributed by atoms with Gasteiger partial charge in [-0.3, -0.25) is 0 Å². The summed E-state index contributed by atoms with van der Waals surface area (Å²) < 4.78 is 10.5. The molecule has 0 bridgehead atoms. The molecule has 1 fully saturated rings. The third kappa shape index (κ3) is 4.37. The molecule has 0 aromatic rings. The van der Waals surface area contributed by atoms with Gasteiger partial charge < -0.3 is 20.5 Å². The predicted molar refractivity (Wildman–Crippen MR) is 61.1 cm³/mol. The van der Waals surface area contributed by atoms with Crippen molar-refractivity contribution in [3.8, 4) is 0 Å². The Labute approximate surface area is 96.7 Å². The standard InChI is InChI=1S/C11H22N2O3/c1-11(2,3)16-10(14)13-9(6-12)8-4-5-15-7-8/h8-9H,4-7,12H2,1-3H3,(H,13,14). The fourth-order valence-electron chi connectivity index (χ4n) is 1.70. The first-order valence-corrected chi connectivity index (χ1v) is 5.69. The second-order valence-electron chi connectivity index (χ2n) is 5.11. The summed E-state index contributed by atoms with van der Waals surface area (Å²) in [4.78, 5) is 11.6. The molecular weight excluding hydrogens is 208 g/mol. The summed E-state index contributed by atoms with van der Waals surface area (Å²) >= 11 is 0. The minimum atomic E-state index is -0.477. The predicted octanol–water partition coefficient (Wildman–Crippen LogP) is 0.875. The maximum atomic E-state index is 11.6. The second kappa shape index (κ2) is 5.50. The molecule has 5 nitrogen and oxygen atoms in total. The van der Waals surface area contributed by atoms with E-state index in [-0.39, 0.29) is 6.04 Å². The zero-order valence-corrected chi connectivity index (χ0v) is 10.3. The van der Waals surface area contributed by atoms with Crippen LogP contribution in [0.4, 0.5) is 4.79 Å². The van der Waals surface area contributed by atoms with Crippen LogP contribution in [0.3, 0.4) is 0 Å². The van der Waals surface area contributed by atoms with Crippen molar-refractivity contribution >= 4 is 6.09 Å². The minimum absolute atomic E-state index is 0.0580. The lowest BCUT2D eigenvalue weighted by Gasteiger charge is -2.25. The smallest absolute Gasteiger partial charge is 0.407 e. The van der Waals surface area contributed by atoms with Crippen molar-refractivity contribution in [2.24, 2.45) is 11.7 Å². The monoisotopic (exact) mass is 230 g/mol. The van der Waals surface area contributed by atoms with Gasteiger partial charge in [0.2, 0.25) is 0 Å². The maximum absolute atomic E-state index is 11.6. The van der Waals surface area contributed by atoms with E-state index in [9.17, 15) is 4.79 Å². The molecule has 3 N–H and O–H groups in total. The zero-order valence-electron chi connectivity index (χ0n) is 10.3. The van der Waals surface area contributed by atoms with Gasteiger partial charge in [-0.2, -0.15) is 0 Å². The van der Waals surface area contributed by atoms with Gasteiger partial charge in [-0.25, -0.2) is 4.79 Å². The van der Waals surface area contributed by atoms with Gasteiger partial charge in [0, 0.05) is 25.1 Å². The summed E-state index contributed by atoms with van der Waals surface area (Å²) in [7, 11) is 0. The fraction of sp³-hybridized carbons (Fsp3) is 0.909. The average molecular weight is 230 g/mol. The topological polar surface area (TPSA) is 73.6 Å². The van der Waals surface area contributed by atoms with Crippen molar-refractivity contribution in [3.63, 3.8) is 0 Å². The molecule has 2 atom stereocenters. The highest BCUT2D eigenvalue weighted by molar-refractivity contribution is 5.68. The van der Waals surface area contributed by atoms with E-state index < -0.39 is 11.7 Å². The Morgan fingerprint density at radius 2 is 2.31 bits per heavy atom. The van der Waals surface area contributed by atoms with Gasteiger partial charge in [-0.05, 0) is 27.2 Å². The van der Waals surface area contributed by atoms with E-state index in [1.807, 2.05) is 20.8 Å². The highest BCUT2D eigenvalue weighted by Crippen LogP contribution is 2.16. The molecule has 0 aromatic heterocycles. The Kier molecular flexibility index (Phi) is 4.56. The first-order chi connectivity index (χ1) is 7.42. The Hall–Kier alpha value is -0.810.